The summed E-state index contributed by atoms with van der Waals surface area (Å²) in [6.07, 6.45) is 3.17. The van der Waals surface area contributed by atoms with Crippen molar-refractivity contribution in [2.75, 3.05) is 0 Å². The normalized spacial score (nSPS) is 14.2. The van der Waals surface area contributed by atoms with Crippen molar-refractivity contribution in [3.05, 3.63) is 19.5 Å². The van der Waals surface area contributed by atoms with E-state index >= 15 is 0 Å². The Morgan fingerprint density at radius 3 is 2.50 bits per heavy atom. The van der Waals surface area contributed by atoms with Crippen molar-refractivity contribution in [1.29, 1.82) is 0 Å². The zero-order valence-corrected chi connectivity index (χ0v) is 5.50. The Kier molecular flexibility index (Phi) is 4.29. The van der Waals surface area contributed by atoms with Gasteiger partial charge < -0.3 is 4.74 Å². The summed E-state index contributed by atoms with van der Waals surface area (Å²) in [5.41, 5.74) is 0. The van der Waals surface area contributed by atoms with E-state index < -0.39 is 0 Å². The van der Waals surface area contributed by atoms with Crippen LogP contribution in [0.15, 0.2) is 12.8 Å². The molecule has 0 amide bonds. The molecule has 3 heteroatoms. The van der Waals surface area contributed by atoms with Crippen LogP contribution in [0.5, 0.6) is 0 Å². The third kappa shape index (κ3) is 3.07. The van der Waals surface area contributed by atoms with Gasteiger partial charge in [0.2, 0.25) is 0 Å². The SMILES string of the molecule is C=COC(=O)C1CC1.[C-]#[O+]. The second-order valence-electron chi connectivity index (χ2n) is 1.88. The summed E-state index contributed by atoms with van der Waals surface area (Å²) in [4.78, 5) is 10.5. The molecule has 3 nitrogen and oxygen atoms in total. The molecule has 0 unspecified atom stereocenters. The monoisotopic (exact) mass is 140 g/mol. The van der Waals surface area contributed by atoms with Gasteiger partial charge in [0.25, 0.3) is 0 Å². The Hall–Kier alpha value is -1.05. The Bertz CT molecular complexity index is 144. The number of ether oxygens (including phenoxy) is 1. The van der Waals surface area contributed by atoms with Crippen molar-refractivity contribution in [2.24, 2.45) is 5.92 Å². The van der Waals surface area contributed by atoms with Crippen LogP contribution in [0, 0.1) is 12.6 Å². The van der Waals surface area contributed by atoms with Gasteiger partial charge in [-0.3, -0.25) is 4.79 Å². The molecule has 54 valence electrons. The fraction of sp³-hybridized carbons (Fsp3) is 0.429. The molecular weight excluding hydrogens is 132 g/mol. The van der Waals surface area contributed by atoms with Crippen LogP contribution in [0.4, 0.5) is 0 Å². The van der Waals surface area contributed by atoms with Crippen molar-refractivity contribution in [1.82, 2.24) is 0 Å². The minimum absolute atomic E-state index is 0.125. The third-order valence-corrected chi connectivity index (χ3v) is 1.11. The number of carbonyl (C=O) groups excluding carboxylic acids is 1. The summed E-state index contributed by atoms with van der Waals surface area (Å²) >= 11 is 0. The maximum absolute atomic E-state index is 10.5. The van der Waals surface area contributed by atoms with Crippen LogP contribution in [0.25, 0.3) is 0 Å². The molecule has 0 radical (unpaired) electrons. The van der Waals surface area contributed by atoms with Gasteiger partial charge in [0.1, 0.15) is 0 Å². The van der Waals surface area contributed by atoms with Gasteiger partial charge in [0.05, 0.1) is 12.2 Å². The zero-order valence-electron chi connectivity index (χ0n) is 5.50. The Balaban J connectivity index is 0.000000371. The molecule has 0 N–H and O–H groups in total. The molecule has 0 saturated heterocycles. The van der Waals surface area contributed by atoms with E-state index in [9.17, 15) is 4.79 Å². The first-order valence-electron chi connectivity index (χ1n) is 2.86. The molecule has 1 rings (SSSR count). The fourth-order valence-electron chi connectivity index (χ4n) is 0.497. The minimum atomic E-state index is -0.125. The average Bonchev–Trinajstić information content (AvgIpc) is 2.74. The van der Waals surface area contributed by atoms with E-state index in [2.05, 4.69) is 18.0 Å². The predicted molar refractivity (Wildman–Crippen MR) is 32.9 cm³/mol. The van der Waals surface area contributed by atoms with Crippen LogP contribution in [-0.2, 0) is 14.2 Å². The molecule has 0 heterocycles. The number of esters is 1. The van der Waals surface area contributed by atoms with Gasteiger partial charge in [0, 0.05) is 0 Å². The van der Waals surface area contributed by atoms with E-state index in [1.165, 1.54) is 6.26 Å². The van der Waals surface area contributed by atoms with Crippen molar-refractivity contribution >= 4 is 5.97 Å². The molecule has 0 aromatic rings. The van der Waals surface area contributed by atoms with Gasteiger partial charge >= 0.3 is 17.3 Å². The molecule has 1 saturated carbocycles. The molecule has 0 aromatic carbocycles. The quantitative estimate of drug-likeness (QED) is 0.249. The maximum atomic E-state index is 10.5. The van der Waals surface area contributed by atoms with Crippen molar-refractivity contribution in [2.45, 2.75) is 12.8 Å². The second kappa shape index (κ2) is 4.79. The molecule has 10 heavy (non-hydrogen) atoms. The van der Waals surface area contributed by atoms with E-state index in [1.807, 2.05) is 0 Å². The van der Waals surface area contributed by atoms with E-state index in [-0.39, 0.29) is 11.9 Å². The summed E-state index contributed by atoms with van der Waals surface area (Å²) in [6, 6.07) is 0. The Labute approximate surface area is 59.4 Å². The molecule has 0 spiro atoms. The average molecular weight is 140 g/mol. The number of carbonyl (C=O) groups is 1. The summed E-state index contributed by atoms with van der Waals surface area (Å²) in [6.45, 7) is 7.77. The van der Waals surface area contributed by atoms with E-state index in [1.54, 1.807) is 0 Å². The topological polar surface area (TPSA) is 46.2 Å². The second-order valence-corrected chi connectivity index (χ2v) is 1.88. The van der Waals surface area contributed by atoms with Crippen LogP contribution in [0.3, 0.4) is 0 Å². The number of hydrogen-bond acceptors (Lipinski definition) is 2. The molecular formula is C7H8O3. The van der Waals surface area contributed by atoms with Gasteiger partial charge in [-0.25, -0.2) is 0 Å². The summed E-state index contributed by atoms with van der Waals surface area (Å²) in [5.74, 6) is 0.0630. The Morgan fingerprint density at radius 1 is 1.70 bits per heavy atom. The molecule has 0 aromatic heterocycles. The van der Waals surface area contributed by atoms with Crippen LogP contribution < -0.4 is 0 Å². The first-order chi connectivity index (χ1) is 4.84. The van der Waals surface area contributed by atoms with Crippen LogP contribution in [-0.4, -0.2) is 5.97 Å². The molecule has 1 aliphatic rings. The molecule has 1 fully saturated rings. The van der Waals surface area contributed by atoms with Gasteiger partial charge in [-0.2, -0.15) is 0 Å². The van der Waals surface area contributed by atoms with Gasteiger partial charge in [0.15, 0.2) is 0 Å². The fourth-order valence-corrected chi connectivity index (χ4v) is 0.497. The van der Waals surface area contributed by atoms with Gasteiger partial charge in [-0.15, -0.1) is 0 Å². The van der Waals surface area contributed by atoms with Crippen molar-refractivity contribution < 1.29 is 14.2 Å². The van der Waals surface area contributed by atoms with Crippen molar-refractivity contribution in [3.8, 4) is 0 Å². The predicted octanol–water partition coefficient (Wildman–Crippen LogP) is 1.05. The van der Waals surface area contributed by atoms with Gasteiger partial charge in [-0.05, 0) is 12.8 Å². The van der Waals surface area contributed by atoms with Crippen LogP contribution in [0.1, 0.15) is 12.8 Å². The molecule has 1 aliphatic carbocycles. The number of rotatable bonds is 2. The van der Waals surface area contributed by atoms with Gasteiger partial charge in [-0.1, -0.05) is 6.58 Å². The Morgan fingerprint density at radius 2 is 2.20 bits per heavy atom. The van der Waals surface area contributed by atoms with Crippen molar-refractivity contribution in [3.63, 3.8) is 0 Å². The zero-order chi connectivity index (χ0) is 7.98. The first kappa shape index (κ1) is 8.95. The van der Waals surface area contributed by atoms with E-state index in [4.69, 9.17) is 4.65 Å². The third-order valence-electron chi connectivity index (χ3n) is 1.11. The van der Waals surface area contributed by atoms with E-state index in [0.29, 0.717) is 0 Å². The van der Waals surface area contributed by atoms with Crippen LogP contribution >= 0.6 is 0 Å². The molecule has 0 aliphatic heterocycles. The summed E-state index contributed by atoms with van der Waals surface area (Å²) in [7, 11) is 0. The van der Waals surface area contributed by atoms with E-state index in [0.717, 1.165) is 12.8 Å². The standard InChI is InChI=1S/C6H8O2.CO/c1-2-8-6(7)5-3-4-5;1-2/h2,5H,1,3-4H2;. The summed E-state index contributed by atoms with van der Waals surface area (Å²) in [5, 5.41) is 0. The summed E-state index contributed by atoms with van der Waals surface area (Å²) < 4.78 is 12.0. The number of hydrogen-bond donors (Lipinski definition) is 0. The van der Waals surface area contributed by atoms with Crippen LogP contribution in [0.2, 0.25) is 0 Å². The molecule has 0 atom stereocenters. The first-order valence-corrected chi connectivity index (χ1v) is 2.86. The molecule has 0 bridgehead atoms.